The average Bonchev–Trinajstić information content (AvgIpc) is 2.94. The van der Waals surface area contributed by atoms with E-state index in [4.69, 9.17) is 0 Å². The van der Waals surface area contributed by atoms with Crippen LogP contribution in [0.15, 0.2) is 24.3 Å². The van der Waals surface area contributed by atoms with Crippen molar-refractivity contribution >= 4 is 22.0 Å². The monoisotopic (exact) mass is 288 g/mol. The molecular formula is C14H16N4OS. The Hall–Kier alpha value is -1.92. The second kappa shape index (κ2) is 4.88. The maximum atomic E-state index is 9.61. The summed E-state index contributed by atoms with van der Waals surface area (Å²) in [6.45, 7) is 1.86. The first-order valence-electron chi connectivity index (χ1n) is 6.34. The molecule has 0 saturated carbocycles. The van der Waals surface area contributed by atoms with Gasteiger partial charge in [0, 0.05) is 25.3 Å². The van der Waals surface area contributed by atoms with Gasteiger partial charge < -0.3 is 10.0 Å². The third-order valence-electron chi connectivity index (χ3n) is 3.20. The van der Waals surface area contributed by atoms with E-state index in [9.17, 15) is 5.11 Å². The van der Waals surface area contributed by atoms with Crippen molar-refractivity contribution in [1.29, 1.82) is 0 Å². The fraction of sp³-hybridized carbons (Fsp3) is 0.286. The number of aryl methyl sites for hydroxylation is 1. The number of aliphatic hydroxyl groups excluding tert-OH is 1. The van der Waals surface area contributed by atoms with E-state index >= 15 is 0 Å². The quantitative estimate of drug-likeness (QED) is 0.803. The number of imidazole rings is 1. The lowest BCUT2D eigenvalue weighted by Crippen LogP contribution is -2.08. The number of hydrogen-bond donors (Lipinski definition) is 1. The van der Waals surface area contributed by atoms with Gasteiger partial charge in [0.05, 0.1) is 18.0 Å². The van der Waals surface area contributed by atoms with Crippen LogP contribution in [0.25, 0.3) is 16.2 Å². The van der Waals surface area contributed by atoms with Gasteiger partial charge in [0.15, 0.2) is 0 Å². The minimum atomic E-state index is -0.0743. The summed E-state index contributed by atoms with van der Waals surface area (Å²) in [6, 6.07) is 8.13. The Kier molecular flexibility index (Phi) is 3.19. The number of fused-ring (bicyclic) bond motifs is 1. The van der Waals surface area contributed by atoms with Crippen molar-refractivity contribution in [2.75, 3.05) is 19.0 Å². The second-order valence-electron chi connectivity index (χ2n) is 4.82. The molecule has 104 valence electrons. The zero-order valence-electron chi connectivity index (χ0n) is 11.7. The summed E-state index contributed by atoms with van der Waals surface area (Å²) in [5.74, 6) is 0. The standard InChI is InChI=1S/C14H16N4OS/c1-9-16-18-12(8-19)13(15-14(18)20-9)10-4-6-11(7-5-10)17(2)3/h4-7,19H,8H2,1-3H3. The van der Waals surface area contributed by atoms with Crippen LogP contribution in [0.1, 0.15) is 10.7 Å². The van der Waals surface area contributed by atoms with E-state index in [-0.39, 0.29) is 6.61 Å². The Labute approximate surface area is 121 Å². The van der Waals surface area contributed by atoms with Crippen molar-refractivity contribution in [3.63, 3.8) is 0 Å². The Morgan fingerprint density at radius 1 is 1.25 bits per heavy atom. The molecule has 0 aliphatic carbocycles. The summed E-state index contributed by atoms with van der Waals surface area (Å²) >= 11 is 1.53. The molecule has 1 N–H and O–H groups in total. The van der Waals surface area contributed by atoms with Crippen LogP contribution in [-0.4, -0.2) is 33.8 Å². The van der Waals surface area contributed by atoms with Gasteiger partial charge >= 0.3 is 0 Å². The number of nitrogens with zero attached hydrogens (tertiary/aromatic N) is 4. The van der Waals surface area contributed by atoms with Crippen LogP contribution in [0.3, 0.4) is 0 Å². The number of hydrogen-bond acceptors (Lipinski definition) is 5. The van der Waals surface area contributed by atoms with Gasteiger partial charge in [-0.2, -0.15) is 5.10 Å². The molecule has 0 aliphatic rings. The number of rotatable bonds is 3. The van der Waals surface area contributed by atoms with Crippen molar-refractivity contribution in [3.8, 4) is 11.3 Å². The number of aliphatic hydroxyl groups is 1. The molecule has 2 aromatic heterocycles. The van der Waals surface area contributed by atoms with Crippen LogP contribution in [0.4, 0.5) is 5.69 Å². The molecule has 0 unspecified atom stereocenters. The maximum Gasteiger partial charge on any atom is 0.213 e. The third-order valence-corrected chi connectivity index (χ3v) is 4.03. The molecule has 0 spiro atoms. The lowest BCUT2D eigenvalue weighted by Gasteiger charge is -2.12. The van der Waals surface area contributed by atoms with Gasteiger partial charge in [0.2, 0.25) is 4.96 Å². The van der Waals surface area contributed by atoms with Gasteiger partial charge in [-0.15, -0.1) is 0 Å². The van der Waals surface area contributed by atoms with Crippen LogP contribution >= 0.6 is 11.3 Å². The molecule has 3 aromatic rings. The van der Waals surface area contributed by atoms with E-state index in [1.807, 2.05) is 50.2 Å². The summed E-state index contributed by atoms with van der Waals surface area (Å²) in [5, 5.41) is 14.9. The molecule has 0 bridgehead atoms. The predicted molar refractivity (Wildman–Crippen MR) is 81.3 cm³/mol. The summed E-state index contributed by atoms with van der Waals surface area (Å²) in [4.78, 5) is 7.46. The molecule has 1 aromatic carbocycles. The number of benzene rings is 1. The Morgan fingerprint density at radius 2 is 1.95 bits per heavy atom. The number of anilines is 1. The molecule has 6 heteroatoms. The van der Waals surface area contributed by atoms with E-state index in [0.717, 1.165) is 32.6 Å². The highest BCUT2D eigenvalue weighted by molar-refractivity contribution is 7.16. The second-order valence-corrected chi connectivity index (χ2v) is 5.98. The molecule has 0 aliphatic heterocycles. The molecule has 0 atom stereocenters. The molecule has 20 heavy (non-hydrogen) atoms. The fourth-order valence-corrected chi connectivity index (χ4v) is 2.94. The minimum absolute atomic E-state index is 0.0743. The number of aromatic nitrogens is 3. The molecule has 0 saturated heterocycles. The van der Waals surface area contributed by atoms with Gasteiger partial charge in [-0.05, 0) is 19.1 Å². The summed E-state index contributed by atoms with van der Waals surface area (Å²) in [5.41, 5.74) is 3.67. The van der Waals surface area contributed by atoms with Crippen LogP contribution in [0, 0.1) is 6.92 Å². The summed E-state index contributed by atoms with van der Waals surface area (Å²) < 4.78 is 1.73. The Bertz CT molecular complexity index is 742. The maximum absolute atomic E-state index is 9.61. The molecule has 5 nitrogen and oxygen atoms in total. The first kappa shape index (κ1) is 13.1. The first-order valence-corrected chi connectivity index (χ1v) is 7.15. The van der Waals surface area contributed by atoms with Gasteiger partial charge in [-0.3, -0.25) is 0 Å². The van der Waals surface area contributed by atoms with E-state index in [1.165, 1.54) is 11.3 Å². The topological polar surface area (TPSA) is 53.7 Å². The van der Waals surface area contributed by atoms with Crippen LogP contribution in [0.5, 0.6) is 0 Å². The van der Waals surface area contributed by atoms with Crippen LogP contribution in [-0.2, 0) is 6.61 Å². The van der Waals surface area contributed by atoms with E-state index in [0.29, 0.717) is 0 Å². The zero-order chi connectivity index (χ0) is 14.3. The summed E-state index contributed by atoms with van der Waals surface area (Å²) in [7, 11) is 4.01. The normalized spacial score (nSPS) is 11.2. The Morgan fingerprint density at radius 3 is 2.55 bits per heavy atom. The highest BCUT2D eigenvalue weighted by Crippen LogP contribution is 2.28. The van der Waals surface area contributed by atoms with Crippen molar-refractivity contribution in [2.24, 2.45) is 0 Å². The van der Waals surface area contributed by atoms with Crippen molar-refractivity contribution in [1.82, 2.24) is 14.6 Å². The van der Waals surface area contributed by atoms with E-state index in [1.54, 1.807) is 4.52 Å². The van der Waals surface area contributed by atoms with Crippen LogP contribution < -0.4 is 4.90 Å². The molecule has 3 rings (SSSR count). The largest absolute Gasteiger partial charge is 0.390 e. The zero-order valence-corrected chi connectivity index (χ0v) is 12.5. The summed E-state index contributed by atoms with van der Waals surface area (Å²) in [6.07, 6.45) is 0. The van der Waals surface area contributed by atoms with Crippen molar-refractivity contribution in [2.45, 2.75) is 13.5 Å². The lowest BCUT2D eigenvalue weighted by atomic mass is 10.1. The highest BCUT2D eigenvalue weighted by Gasteiger charge is 2.16. The van der Waals surface area contributed by atoms with E-state index < -0.39 is 0 Å². The fourth-order valence-electron chi connectivity index (χ4n) is 2.18. The van der Waals surface area contributed by atoms with E-state index in [2.05, 4.69) is 10.1 Å². The van der Waals surface area contributed by atoms with Crippen molar-refractivity contribution in [3.05, 3.63) is 35.0 Å². The SMILES string of the molecule is Cc1nn2c(CO)c(-c3ccc(N(C)C)cc3)nc2s1. The smallest absolute Gasteiger partial charge is 0.213 e. The van der Waals surface area contributed by atoms with Gasteiger partial charge in [-0.1, -0.05) is 23.5 Å². The van der Waals surface area contributed by atoms with Crippen molar-refractivity contribution < 1.29 is 5.11 Å². The van der Waals surface area contributed by atoms with Gasteiger partial charge in [0.1, 0.15) is 5.01 Å². The Balaban J connectivity index is 2.11. The molecule has 0 amide bonds. The molecule has 0 fully saturated rings. The lowest BCUT2D eigenvalue weighted by molar-refractivity contribution is 0.275. The first-order chi connectivity index (χ1) is 9.60. The van der Waals surface area contributed by atoms with Gasteiger partial charge in [0.25, 0.3) is 0 Å². The predicted octanol–water partition coefficient (Wildman–Crippen LogP) is 2.32. The van der Waals surface area contributed by atoms with Gasteiger partial charge in [-0.25, -0.2) is 9.50 Å². The molecule has 0 radical (unpaired) electrons. The third kappa shape index (κ3) is 2.07. The highest BCUT2D eigenvalue weighted by atomic mass is 32.1. The minimum Gasteiger partial charge on any atom is -0.390 e. The average molecular weight is 288 g/mol. The molecular weight excluding hydrogens is 272 g/mol. The van der Waals surface area contributed by atoms with Crippen LogP contribution in [0.2, 0.25) is 0 Å². The molecule has 2 heterocycles.